The summed E-state index contributed by atoms with van der Waals surface area (Å²) in [6.07, 6.45) is 0. The predicted octanol–water partition coefficient (Wildman–Crippen LogP) is 4.78. The fourth-order valence-electron chi connectivity index (χ4n) is 2.14. The molecular formula is C18H13BrO4S. The Hall–Kier alpha value is -2.31. The maximum atomic E-state index is 12.6. The number of para-hydroxylation sites is 1. The average Bonchev–Trinajstić information content (AvgIpc) is 2.58. The summed E-state index contributed by atoms with van der Waals surface area (Å²) in [5.74, 6) is 0.899. The topological polar surface area (TPSA) is 63.6 Å². The smallest absolute Gasteiger partial charge is 0.210 e. The van der Waals surface area contributed by atoms with Crippen molar-refractivity contribution < 1.29 is 18.3 Å². The molecule has 0 unspecified atom stereocenters. The number of benzene rings is 3. The average molecular weight is 405 g/mol. The van der Waals surface area contributed by atoms with Crippen molar-refractivity contribution >= 4 is 25.8 Å². The van der Waals surface area contributed by atoms with Gasteiger partial charge in [0.1, 0.15) is 22.1 Å². The fourth-order valence-corrected chi connectivity index (χ4v) is 3.75. The first-order valence-electron chi connectivity index (χ1n) is 7.03. The molecule has 0 aliphatic heterocycles. The lowest BCUT2D eigenvalue weighted by molar-refractivity contribution is 0.459. The Balaban J connectivity index is 1.86. The molecule has 0 aliphatic carbocycles. The summed E-state index contributed by atoms with van der Waals surface area (Å²) >= 11 is 3.35. The second-order valence-electron chi connectivity index (χ2n) is 5.00. The van der Waals surface area contributed by atoms with Gasteiger partial charge in [0.15, 0.2) is 0 Å². The third-order valence-corrected chi connectivity index (χ3v) is 5.68. The Kier molecular flexibility index (Phi) is 4.59. The first-order valence-corrected chi connectivity index (χ1v) is 9.31. The molecule has 4 nitrogen and oxygen atoms in total. The number of sulfone groups is 1. The minimum atomic E-state index is -3.78. The van der Waals surface area contributed by atoms with Crippen molar-refractivity contribution in [3.8, 4) is 17.2 Å². The van der Waals surface area contributed by atoms with Crippen LogP contribution in [0.2, 0.25) is 0 Å². The van der Waals surface area contributed by atoms with Crippen molar-refractivity contribution in [2.24, 2.45) is 0 Å². The van der Waals surface area contributed by atoms with E-state index in [0.717, 1.165) is 4.47 Å². The Morgan fingerprint density at radius 3 is 1.92 bits per heavy atom. The number of hydrogen-bond donors (Lipinski definition) is 1. The molecule has 0 spiro atoms. The van der Waals surface area contributed by atoms with Gasteiger partial charge in [0.2, 0.25) is 9.84 Å². The SMILES string of the molecule is O=S(=O)(c1ccc(Oc2ccc(Br)cc2)cc1)c1ccccc1O. The van der Waals surface area contributed by atoms with Gasteiger partial charge in [0.05, 0.1) is 4.90 Å². The molecule has 0 aliphatic rings. The normalized spacial score (nSPS) is 11.2. The van der Waals surface area contributed by atoms with Gasteiger partial charge in [-0.05, 0) is 60.7 Å². The molecule has 0 bridgehead atoms. The van der Waals surface area contributed by atoms with Crippen molar-refractivity contribution in [1.82, 2.24) is 0 Å². The van der Waals surface area contributed by atoms with Gasteiger partial charge in [0.25, 0.3) is 0 Å². The summed E-state index contributed by atoms with van der Waals surface area (Å²) in [5, 5.41) is 9.77. The first-order chi connectivity index (χ1) is 11.5. The van der Waals surface area contributed by atoms with Gasteiger partial charge < -0.3 is 9.84 Å². The van der Waals surface area contributed by atoms with E-state index in [9.17, 15) is 13.5 Å². The molecule has 24 heavy (non-hydrogen) atoms. The molecule has 3 aromatic carbocycles. The summed E-state index contributed by atoms with van der Waals surface area (Å²) in [5.41, 5.74) is 0. The van der Waals surface area contributed by atoms with Gasteiger partial charge in [0, 0.05) is 4.47 Å². The zero-order chi connectivity index (χ0) is 17.2. The summed E-state index contributed by atoms with van der Waals surface area (Å²) in [4.78, 5) is -0.0289. The largest absolute Gasteiger partial charge is 0.507 e. The van der Waals surface area contributed by atoms with E-state index in [2.05, 4.69) is 15.9 Å². The summed E-state index contributed by atoms with van der Waals surface area (Å²) < 4.78 is 31.7. The molecule has 3 aromatic rings. The minimum Gasteiger partial charge on any atom is -0.507 e. The number of phenols is 1. The lowest BCUT2D eigenvalue weighted by Gasteiger charge is -2.09. The van der Waals surface area contributed by atoms with Crippen molar-refractivity contribution in [3.05, 3.63) is 77.3 Å². The van der Waals surface area contributed by atoms with Crippen LogP contribution in [0.3, 0.4) is 0 Å². The van der Waals surface area contributed by atoms with Gasteiger partial charge in [-0.15, -0.1) is 0 Å². The van der Waals surface area contributed by atoms with Crippen LogP contribution in [0, 0.1) is 0 Å². The van der Waals surface area contributed by atoms with Crippen LogP contribution in [0.1, 0.15) is 0 Å². The van der Waals surface area contributed by atoms with Crippen LogP contribution in [0.25, 0.3) is 0 Å². The third kappa shape index (κ3) is 3.44. The molecule has 0 fully saturated rings. The van der Waals surface area contributed by atoms with Gasteiger partial charge in [-0.2, -0.15) is 0 Å². The summed E-state index contributed by atoms with van der Waals surface area (Å²) in [7, 11) is -3.78. The van der Waals surface area contributed by atoms with E-state index < -0.39 is 9.84 Å². The number of hydrogen-bond acceptors (Lipinski definition) is 4. The molecule has 1 N–H and O–H groups in total. The highest BCUT2D eigenvalue weighted by Crippen LogP contribution is 2.30. The summed E-state index contributed by atoms with van der Waals surface area (Å²) in [6.45, 7) is 0. The monoisotopic (exact) mass is 404 g/mol. The maximum absolute atomic E-state index is 12.6. The number of halogens is 1. The number of rotatable bonds is 4. The minimum absolute atomic E-state index is 0.0900. The van der Waals surface area contributed by atoms with Crippen LogP contribution >= 0.6 is 15.9 Å². The lowest BCUT2D eigenvalue weighted by Crippen LogP contribution is -2.02. The Morgan fingerprint density at radius 2 is 1.33 bits per heavy atom. The van der Waals surface area contributed by atoms with Gasteiger partial charge in [-0.3, -0.25) is 0 Å². The van der Waals surface area contributed by atoms with E-state index in [1.807, 2.05) is 12.1 Å². The molecule has 0 amide bonds. The van der Waals surface area contributed by atoms with Crippen molar-refractivity contribution in [2.75, 3.05) is 0 Å². The van der Waals surface area contributed by atoms with Gasteiger partial charge >= 0.3 is 0 Å². The molecular weight excluding hydrogens is 392 g/mol. The van der Waals surface area contributed by atoms with E-state index in [0.29, 0.717) is 11.5 Å². The molecule has 3 rings (SSSR count). The third-order valence-electron chi connectivity index (χ3n) is 3.34. The molecule has 0 radical (unpaired) electrons. The highest BCUT2D eigenvalue weighted by Gasteiger charge is 2.20. The van der Waals surface area contributed by atoms with Crippen LogP contribution in [0.15, 0.2) is 87.1 Å². The van der Waals surface area contributed by atoms with Gasteiger partial charge in [-0.1, -0.05) is 28.1 Å². The lowest BCUT2D eigenvalue weighted by atomic mass is 10.3. The number of aromatic hydroxyl groups is 1. The number of ether oxygens (including phenoxy) is 1. The van der Waals surface area contributed by atoms with E-state index in [4.69, 9.17) is 4.74 Å². The molecule has 0 saturated heterocycles. The van der Waals surface area contributed by atoms with Crippen LogP contribution < -0.4 is 4.74 Å². The molecule has 0 saturated carbocycles. The first kappa shape index (κ1) is 16.5. The van der Waals surface area contributed by atoms with Crippen LogP contribution in [-0.4, -0.2) is 13.5 Å². The summed E-state index contributed by atoms with van der Waals surface area (Å²) in [6, 6.07) is 19.2. The van der Waals surface area contributed by atoms with Crippen molar-refractivity contribution in [1.29, 1.82) is 0 Å². The molecule has 6 heteroatoms. The highest BCUT2D eigenvalue weighted by atomic mass is 79.9. The van der Waals surface area contributed by atoms with E-state index >= 15 is 0 Å². The van der Waals surface area contributed by atoms with Crippen molar-refractivity contribution in [3.63, 3.8) is 0 Å². The quantitative estimate of drug-likeness (QED) is 0.679. The zero-order valence-electron chi connectivity index (χ0n) is 12.4. The molecule has 0 aromatic heterocycles. The molecule has 0 heterocycles. The van der Waals surface area contributed by atoms with Crippen LogP contribution in [0.4, 0.5) is 0 Å². The highest BCUT2D eigenvalue weighted by molar-refractivity contribution is 9.10. The van der Waals surface area contributed by atoms with E-state index in [-0.39, 0.29) is 15.5 Å². The Bertz CT molecular complexity index is 949. The second kappa shape index (κ2) is 6.67. The van der Waals surface area contributed by atoms with E-state index in [1.165, 1.54) is 24.3 Å². The fraction of sp³-hybridized carbons (Fsp3) is 0. The zero-order valence-corrected chi connectivity index (χ0v) is 14.8. The standard InChI is InChI=1S/C18H13BrO4S/c19-13-5-7-14(8-6-13)23-15-9-11-16(12-10-15)24(21,22)18-4-2-1-3-17(18)20/h1-12,20H. The molecule has 0 atom stereocenters. The Morgan fingerprint density at radius 1 is 0.792 bits per heavy atom. The maximum Gasteiger partial charge on any atom is 0.210 e. The van der Waals surface area contributed by atoms with Gasteiger partial charge in [-0.25, -0.2) is 8.42 Å². The van der Waals surface area contributed by atoms with Crippen molar-refractivity contribution in [2.45, 2.75) is 9.79 Å². The number of phenolic OH excluding ortho intramolecular Hbond substituents is 1. The Labute approximate surface area is 148 Å². The predicted molar refractivity (Wildman–Crippen MR) is 94.2 cm³/mol. The molecule has 122 valence electrons. The second-order valence-corrected chi connectivity index (χ2v) is 7.83. The van der Waals surface area contributed by atoms with E-state index in [1.54, 1.807) is 36.4 Å². The van der Waals surface area contributed by atoms with Crippen LogP contribution in [-0.2, 0) is 9.84 Å². The van der Waals surface area contributed by atoms with Crippen LogP contribution in [0.5, 0.6) is 17.2 Å².